The predicted octanol–water partition coefficient (Wildman–Crippen LogP) is 4.00. The molecule has 1 N–H and O–H groups in total. The van der Waals surface area contributed by atoms with Crippen molar-refractivity contribution in [1.82, 2.24) is 10.2 Å². The van der Waals surface area contributed by atoms with Crippen LogP contribution in [0, 0.1) is 0 Å². The summed E-state index contributed by atoms with van der Waals surface area (Å²) in [6.45, 7) is 0.600. The van der Waals surface area contributed by atoms with Crippen LogP contribution in [0.5, 0.6) is 0 Å². The topological polar surface area (TPSA) is 32.3 Å². The molecule has 2 aromatic heterocycles. The minimum Gasteiger partial charge on any atom is -0.350 e. The van der Waals surface area contributed by atoms with Gasteiger partial charge in [0.1, 0.15) is 0 Å². The van der Waals surface area contributed by atoms with Crippen molar-refractivity contribution >= 4 is 38.7 Å². The Hall–Kier alpha value is -1.69. The maximum Gasteiger partial charge on any atom is 0.252 e. The Bertz CT molecular complexity index is 762. The number of thiophene rings is 2. The van der Waals surface area contributed by atoms with Crippen molar-refractivity contribution < 1.29 is 4.79 Å². The van der Waals surface area contributed by atoms with Gasteiger partial charge in [0.05, 0.1) is 6.04 Å². The van der Waals surface area contributed by atoms with Gasteiger partial charge in [-0.3, -0.25) is 4.79 Å². The van der Waals surface area contributed by atoms with Crippen molar-refractivity contribution in [2.24, 2.45) is 0 Å². The van der Waals surface area contributed by atoms with Crippen LogP contribution in [0.25, 0.3) is 10.1 Å². The van der Waals surface area contributed by atoms with Gasteiger partial charge in [0.15, 0.2) is 0 Å². The second kappa shape index (κ2) is 6.60. The Labute approximate surface area is 138 Å². The largest absolute Gasteiger partial charge is 0.350 e. The zero-order valence-electron chi connectivity index (χ0n) is 12.6. The lowest BCUT2D eigenvalue weighted by Crippen LogP contribution is -2.34. The van der Waals surface area contributed by atoms with E-state index in [1.165, 1.54) is 27.0 Å². The molecular formula is C17H18N2OS2. The Morgan fingerprint density at radius 3 is 2.77 bits per heavy atom. The third-order valence-corrected chi connectivity index (χ3v) is 5.40. The van der Waals surface area contributed by atoms with Crippen molar-refractivity contribution in [3.63, 3.8) is 0 Å². The van der Waals surface area contributed by atoms with Gasteiger partial charge in [0.2, 0.25) is 0 Å². The fraction of sp³-hybridized carbons (Fsp3) is 0.235. The highest BCUT2D eigenvalue weighted by Gasteiger charge is 2.19. The molecular weight excluding hydrogens is 312 g/mol. The number of carbonyl (C=O) groups is 1. The summed E-state index contributed by atoms with van der Waals surface area (Å²) >= 11 is 3.29. The van der Waals surface area contributed by atoms with Crippen LogP contribution in [0.2, 0.25) is 0 Å². The summed E-state index contributed by atoms with van der Waals surface area (Å²) in [5.74, 6) is -0.00682. The summed E-state index contributed by atoms with van der Waals surface area (Å²) in [7, 11) is 4.10. The monoisotopic (exact) mass is 330 g/mol. The highest BCUT2D eigenvalue weighted by Crippen LogP contribution is 2.32. The molecule has 0 saturated heterocycles. The minimum absolute atomic E-state index is 0.00682. The van der Waals surface area contributed by atoms with Gasteiger partial charge in [-0.2, -0.15) is 11.3 Å². The van der Waals surface area contributed by atoms with E-state index in [9.17, 15) is 4.79 Å². The fourth-order valence-electron chi connectivity index (χ4n) is 2.51. The first-order valence-corrected chi connectivity index (χ1v) is 8.92. The highest BCUT2D eigenvalue weighted by molar-refractivity contribution is 7.17. The minimum atomic E-state index is -0.00682. The fourth-order valence-corrected chi connectivity index (χ4v) is 4.16. The van der Waals surface area contributed by atoms with Crippen LogP contribution in [0.3, 0.4) is 0 Å². The lowest BCUT2D eigenvalue weighted by Gasteiger charge is -2.24. The van der Waals surface area contributed by atoms with E-state index < -0.39 is 0 Å². The third kappa shape index (κ3) is 3.06. The molecule has 0 bridgehead atoms. The normalized spacial score (nSPS) is 12.7. The number of amides is 1. The molecule has 3 aromatic rings. The average molecular weight is 330 g/mol. The van der Waals surface area contributed by atoms with E-state index in [1.807, 2.05) is 30.9 Å². The maximum atomic E-state index is 12.1. The molecule has 5 heteroatoms. The second-order valence-electron chi connectivity index (χ2n) is 5.39. The van der Waals surface area contributed by atoms with Crippen molar-refractivity contribution in [3.8, 4) is 0 Å². The molecule has 0 aliphatic carbocycles. The Morgan fingerprint density at radius 1 is 1.23 bits per heavy atom. The van der Waals surface area contributed by atoms with Crippen molar-refractivity contribution in [2.45, 2.75) is 6.04 Å². The second-order valence-corrected chi connectivity index (χ2v) is 7.08. The third-order valence-electron chi connectivity index (χ3n) is 3.73. The molecule has 0 spiro atoms. The highest BCUT2D eigenvalue weighted by atomic mass is 32.1. The van der Waals surface area contributed by atoms with Gasteiger partial charge in [-0.15, -0.1) is 11.3 Å². The number of nitrogens with one attached hydrogen (secondary N) is 1. The molecule has 1 atom stereocenters. The Balaban J connectivity index is 1.80. The van der Waals surface area contributed by atoms with E-state index in [0.717, 1.165) is 5.56 Å². The summed E-state index contributed by atoms with van der Waals surface area (Å²) in [5.41, 5.74) is 2.01. The molecule has 1 unspecified atom stereocenters. The Morgan fingerprint density at radius 2 is 2.05 bits per heavy atom. The summed E-state index contributed by atoms with van der Waals surface area (Å²) < 4.78 is 1.29. The van der Waals surface area contributed by atoms with Gasteiger partial charge < -0.3 is 10.2 Å². The Kier molecular flexibility index (Phi) is 4.57. The molecule has 0 radical (unpaired) electrons. The molecule has 114 valence electrons. The lowest BCUT2D eigenvalue weighted by molar-refractivity contribution is 0.0942. The zero-order valence-corrected chi connectivity index (χ0v) is 14.2. The molecule has 1 aromatic carbocycles. The number of nitrogens with zero attached hydrogens (tertiary/aromatic N) is 1. The predicted molar refractivity (Wildman–Crippen MR) is 94.9 cm³/mol. The molecule has 3 nitrogen and oxygen atoms in total. The first kappa shape index (κ1) is 15.2. The zero-order chi connectivity index (χ0) is 15.5. The van der Waals surface area contributed by atoms with Gasteiger partial charge in [-0.05, 0) is 47.9 Å². The van der Waals surface area contributed by atoms with Gasteiger partial charge in [-0.1, -0.05) is 18.2 Å². The number of fused-ring (bicyclic) bond motifs is 1. The van der Waals surface area contributed by atoms with Crippen LogP contribution < -0.4 is 5.32 Å². The van der Waals surface area contributed by atoms with E-state index >= 15 is 0 Å². The van der Waals surface area contributed by atoms with E-state index in [-0.39, 0.29) is 11.9 Å². The SMILES string of the molecule is CN(C)C(CNC(=O)c1ccsc1)c1csc2ccccc12. The van der Waals surface area contributed by atoms with Crippen molar-refractivity contribution in [2.75, 3.05) is 20.6 Å². The number of rotatable bonds is 5. The quantitative estimate of drug-likeness (QED) is 0.767. The van der Waals surface area contributed by atoms with Crippen LogP contribution in [0.15, 0.2) is 46.5 Å². The van der Waals surface area contributed by atoms with E-state index in [1.54, 1.807) is 11.3 Å². The van der Waals surface area contributed by atoms with Crippen LogP contribution in [-0.2, 0) is 0 Å². The molecule has 2 heterocycles. The average Bonchev–Trinajstić information content (AvgIpc) is 3.17. The number of benzene rings is 1. The molecule has 3 rings (SSSR count). The van der Waals surface area contributed by atoms with Gasteiger partial charge in [0, 0.05) is 22.2 Å². The molecule has 0 fully saturated rings. The first-order chi connectivity index (χ1) is 10.7. The summed E-state index contributed by atoms with van der Waals surface area (Å²) in [5, 5.41) is 10.3. The summed E-state index contributed by atoms with van der Waals surface area (Å²) in [6, 6.07) is 10.4. The summed E-state index contributed by atoms with van der Waals surface area (Å²) in [4.78, 5) is 14.3. The van der Waals surface area contributed by atoms with Crippen LogP contribution in [-0.4, -0.2) is 31.4 Å². The number of likely N-dealkylation sites (N-methyl/N-ethyl adjacent to an activating group) is 1. The molecule has 22 heavy (non-hydrogen) atoms. The molecule has 0 aliphatic heterocycles. The summed E-state index contributed by atoms with van der Waals surface area (Å²) in [6.07, 6.45) is 0. The standard InChI is InChI=1S/C17H18N2OS2/c1-19(2)15(9-18-17(20)12-7-8-21-10-12)14-11-22-16-6-4-3-5-13(14)16/h3-8,10-11,15H,9H2,1-2H3,(H,18,20). The molecule has 0 saturated carbocycles. The number of hydrogen-bond acceptors (Lipinski definition) is 4. The van der Waals surface area contributed by atoms with Crippen LogP contribution >= 0.6 is 22.7 Å². The molecule has 0 aliphatic rings. The van der Waals surface area contributed by atoms with Crippen LogP contribution in [0.1, 0.15) is 22.0 Å². The van der Waals surface area contributed by atoms with Crippen molar-refractivity contribution in [1.29, 1.82) is 0 Å². The number of carbonyl (C=O) groups excluding carboxylic acids is 1. The van der Waals surface area contributed by atoms with Crippen molar-refractivity contribution in [3.05, 3.63) is 57.6 Å². The van der Waals surface area contributed by atoms with E-state index in [2.05, 4.69) is 39.9 Å². The van der Waals surface area contributed by atoms with Crippen LogP contribution in [0.4, 0.5) is 0 Å². The lowest BCUT2D eigenvalue weighted by atomic mass is 10.0. The molecule has 1 amide bonds. The van der Waals surface area contributed by atoms with E-state index in [4.69, 9.17) is 0 Å². The smallest absolute Gasteiger partial charge is 0.252 e. The first-order valence-electron chi connectivity index (χ1n) is 7.10. The maximum absolute atomic E-state index is 12.1. The van der Waals surface area contributed by atoms with E-state index in [0.29, 0.717) is 6.54 Å². The van der Waals surface area contributed by atoms with Gasteiger partial charge in [0.25, 0.3) is 5.91 Å². The van der Waals surface area contributed by atoms with Gasteiger partial charge >= 0.3 is 0 Å². The van der Waals surface area contributed by atoms with Gasteiger partial charge in [-0.25, -0.2) is 0 Å². The number of hydrogen-bond donors (Lipinski definition) is 1.